The van der Waals surface area contributed by atoms with Crippen LogP contribution in [-0.4, -0.2) is 100 Å². The van der Waals surface area contributed by atoms with E-state index in [1.807, 2.05) is 0 Å². The number of carbonyl (C=O) groups excluding carboxylic acids is 2. The fourth-order valence-electron chi connectivity index (χ4n) is 4.36. The zero-order chi connectivity index (χ0) is 33.4. The molecule has 0 radical (unpaired) electrons. The zero-order valence-corrected chi connectivity index (χ0v) is 27.5. The summed E-state index contributed by atoms with van der Waals surface area (Å²) >= 11 is 0. The molecule has 0 aliphatic heterocycles. The summed E-state index contributed by atoms with van der Waals surface area (Å²) in [6, 6.07) is -1.11. The van der Waals surface area contributed by atoms with Crippen LogP contribution in [0.4, 0.5) is 0 Å². The zero-order valence-electron chi connectivity index (χ0n) is 26.7. The second kappa shape index (κ2) is 30.2. The molecule has 2 amide bonds. The third-order valence-electron chi connectivity index (χ3n) is 6.81. The van der Waals surface area contributed by atoms with Crippen LogP contribution in [0.2, 0.25) is 0 Å². The molecule has 0 aliphatic rings. The van der Waals surface area contributed by atoms with Crippen LogP contribution in [-0.2, 0) is 38.7 Å². The van der Waals surface area contributed by atoms with Gasteiger partial charge in [-0.15, -0.1) is 0 Å². The van der Waals surface area contributed by atoms with E-state index in [1.165, 1.54) is 12.8 Å². The van der Waals surface area contributed by atoms with E-state index in [2.05, 4.69) is 20.7 Å². The molecule has 0 fully saturated rings. The molecule has 0 aromatic heterocycles. The summed E-state index contributed by atoms with van der Waals surface area (Å²) in [6.45, 7) is 2.64. The lowest BCUT2D eigenvalue weighted by atomic mass is 10.0. The highest BCUT2D eigenvalue weighted by molar-refractivity contribution is 7.85. The van der Waals surface area contributed by atoms with Crippen molar-refractivity contribution >= 4 is 27.9 Å². The molecule has 262 valence electrons. The van der Waals surface area contributed by atoms with Crippen molar-refractivity contribution in [2.75, 3.05) is 58.5 Å². The number of nitrogens with zero attached hydrogens (tertiary/aromatic N) is 3. The molecule has 4 N–H and O–H groups in total. The lowest BCUT2D eigenvalue weighted by Gasteiger charge is -2.14. The SMILES string of the molecule is [N-]=[N+]=NCCOCCOCCOCCNC(=O)CC[C@H](NC(=O)CCCCCCCCCCCCCCCS(=O)(=O)O)C(=O)O. The number of unbranched alkanes of at least 4 members (excludes halogenated alkanes) is 12. The van der Waals surface area contributed by atoms with Gasteiger partial charge in [0.15, 0.2) is 0 Å². The molecule has 0 saturated carbocycles. The highest BCUT2D eigenvalue weighted by Gasteiger charge is 2.20. The lowest BCUT2D eigenvalue weighted by Crippen LogP contribution is -2.41. The Morgan fingerprint density at radius 3 is 1.71 bits per heavy atom. The van der Waals surface area contributed by atoms with E-state index in [9.17, 15) is 27.9 Å². The van der Waals surface area contributed by atoms with Crippen molar-refractivity contribution in [2.24, 2.45) is 5.11 Å². The van der Waals surface area contributed by atoms with Crippen LogP contribution in [0, 0.1) is 0 Å². The topological polar surface area (TPSA) is 226 Å². The second-order valence-corrected chi connectivity index (χ2v) is 12.3. The standard InChI is InChI=1S/C29H55N5O10S/c30-34-32-18-20-43-22-24-44-23-21-42-19-17-31-27(35)16-15-26(29(37)38)33-28(36)14-12-10-8-6-4-2-1-3-5-7-9-11-13-25-45(39,40)41/h26H,1-25H2,(H,31,35)(H,33,36)(H,37,38)(H,39,40,41)/t26-/m0/s1. The quantitative estimate of drug-likeness (QED) is 0.0257. The molecule has 0 saturated heterocycles. The van der Waals surface area contributed by atoms with Gasteiger partial charge in [0.1, 0.15) is 6.04 Å². The fraction of sp³-hybridized carbons (Fsp3) is 0.897. The van der Waals surface area contributed by atoms with Crippen LogP contribution >= 0.6 is 0 Å². The van der Waals surface area contributed by atoms with Crippen molar-refractivity contribution in [1.82, 2.24) is 10.6 Å². The first-order valence-corrected chi connectivity index (χ1v) is 17.7. The van der Waals surface area contributed by atoms with Gasteiger partial charge < -0.3 is 30.0 Å². The van der Waals surface area contributed by atoms with Crippen molar-refractivity contribution in [3.05, 3.63) is 10.4 Å². The summed E-state index contributed by atoms with van der Waals surface area (Å²) in [5.74, 6) is -1.96. The first-order valence-electron chi connectivity index (χ1n) is 16.1. The Morgan fingerprint density at radius 1 is 0.711 bits per heavy atom. The number of hydrogen-bond acceptors (Lipinski definition) is 9. The van der Waals surface area contributed by atoms with Crippen LogP contribution in [0.5, 0.6) is 0 Å². The van der Waals surface area contributed by atoms with Gasteiger partial charge in [-0.1, -0.05) is 75.7 Å². The van der Waals surface area contributed by atoms with Crippen LogP contribution in [0.25, 0.3) is 10.4 Å². The lowest BCUT2D eigenvalue weighted by molar-refractivity contribution is -0.142. The Bertz CT molecular complexity index is 932. The number of rotatable bonds is 33. The molecule has 1 atom stereocenters. The summed E-state index contributed by atoms with van der Waals surface area (Å²) < 4.78 is 45.9. The monoisotopic (exact) mass is 665 g/mol. The fourth-order valence-corrected chi connectivity index (χ4v) is 4.93. The van der Waals surface area contributed by atoms with Crippen LogP contribution < -0.4 is 10.6 Å². The molecule has 0 heterocycles. The van der Waals surface area contributed by atoms with Crippen molar-refractivity contribution in [2.45, 2.75) is 109 Å². The molecule has 16 heteroatoms. The normalized spacial score (nSPS) is 11.9. The van der Waals surface area contributed by atoms with E-state index < -0.39 is 22.1 Å². The van der Waals surface area contributed by atoms with E-state index in [1.54, 1.807) is 0 Å². The minimum Gasteiger partial charge on any atom is -0.480 e. The van der Waals surface area contributed by atoms with E-state index in [4.69, 9.17) is 24.3 Å². The van der Waals surface area contributed by atoms with Crippen molar-refractivity contribution in [3.63, 3.8) is 0 Å². The summed E-state index contributed by atoms with van der Waals surface area (Å²) in [5.41, 5.74) is 8.14. The molecule has 45 heavy (non-hydrogen) atoms. The van der Waals surface area contributed by atoms with Gasteiger partial charge in [0.2, 0.25) is 11.8 Å². The highest BCUT2D eigenvalue weighted by Crippen LogP contribution is 2.13. The molecular weight excluding hydrogens is 610 g/mol. The van der Waals surface area contributed by atoms with Crippen LogP contribution in [0.15, 0.2) is 5.11 Å². The van der Waals surface area contributed by atoms with Gasteiger partial charge in [0.25, 0.3) is 10.1 Å². The average molecular weight is 666 g/mol. The smallest absolute Gasteiger partial charge is 0.326 e. The Labute approximate surface area is 267 Å². The van der Waals surface area contributed by atoms with E-state index in [0.29, 0.717) is 45.9 Å². The van der Waals surface area contributed by atoms with E-state index in [0.717, 1.165) is 57.8 Å². The first kappa shape index (κ1) is 42.5. The maximum atomic E-state index is 12.2. The molecule has 0 bridgehead atoms. The Kier molecular flexibility index (Phi) is 28.5. The number of amides is 2. The highest BCUT2D eigenvalue weighted by atomic mass is 32.2. The van der Waals surface area contributed by atoms with Gasteiger partial charge in [-0.3, -0.25) is 14.1 Å². The number of aliphatic carboxylic acids is 1. The molecule has 0 aromatic rings. The molecule has 0 spiro atoms. The van der Waals surface area contributed by atoms with E-state index >= 15 is 0 Å². The molecule has 0 unspecified atom stereocenters. The third-order valence-corrected chi connectivity index (χ3v) is 7.62. The number of carboxylic acid groups (broad SMARTS) is 1. The molecule has 0 aromatic carbocycles. The summed E-state index contributed by atoms with van der Waals surface area (Å²) in [5, 5.41) is 18.0. The minimum absolute atomic E-state index is 0.000574. The predicted molar refractivity (Wildman–Crippen MR) is 169 cm³/mol. The predicted octanol–water partition coefficient (Wildman–Crippen LogP) is 4.16. The number of carboxylic acids is 1. The van der Waals surface area contributed by atoms with Gasteiger partial charge in [-0.05, 0) is 24.8 Å². The molecular formula is C29H55N5O10S. The van der Waals surface area contributed by atoms with Gasteiger partial charge in [-0.25, -0.2) is 4.79 Å². The molecule has 0 aliphatic carbocycles. The summed E-state index contributed by atoms with van der Waals surface area (Å²) in [6.07, 6.45) is 13.1. The summed E-state index contributed by atoms with van der Waals surface area (Å²) in [7, 11) is -3.83. The van der Waals surface area contributed by atoms with Crippen molar-refractivity contribution in [3.8, 4) is 0 Å². The maximum Gasteiger partial charge on any atom is 0.326 e. The average Bonchev–Trinajstić information content (AvgIpc) is 2.98. The van der Waals surface area contributed by atoms with Gasteiger partial charge in [0, 0.05) is 30.8 Å². The maximum absolute atomic E-state index is 12.2. The Hall–Kier alpha value is -2.49. The van der Waals surface area contributed by atoms with Crippen molar-refractivity contribution in [1.29, 1.82) is 0 Å². The van der Waals surface area contributed by atoms with Gasteiger partial charge in [-0.2, -0.15) is 8.42 Å². The Balaban J connectivity index is 3.66. The number of nitrogens with one attached hydrogen (secondary N) is 2. The Morgan fingerprint density at radius 2 is 1.20 bits per heavy atom. The van der Waals surface area contributed by atoms with Gasteiger partial charge in [0.05, 0.1) is 45.4 Å². The van der Waals surface area contributed by atoms with Gasteiger partial charge >= 0.3 is 5.97 Å². The first-order chi connectivity index (χ1) is 21.7. The number of azide groups is 1. The molecule has 0 rings (SSSR count). The largest absolute Gasteiger partial charge is 0.480 e. The number of ether oxygens (including phenoxy) is 3. The third kappa shape index (κ3) is 32.7. The second-order valence-electron chi connectivity index (χ2n) is 10.8. The summed E-state index contributed by atoms with van der Waals surface area (Å²) in [4.78, 5) is 38.4. The molecule has 15 nitrogen and oxygen atoms in total. The number of hydrogen-bond donors (Lipinski definition) is 4. The van der Waals surface area contributed by atoms with Crippen molar-refractivity contribution < 1.29 is 46.7 Å². The van der Waals surface area contributed by atoms with E-state index in [-0.39, 0.29) is 56.5 Å². The minimum atomic E-state index is -3.83. The van der Waals surface area contributed by atoms with Crippen LogP contribution in [0.3, 0.4) is 0 Å². The van der Waals surface area contributed by atoms with Crippen LogP contribution in [0.1, 0.15) is 103 Å². The number of carbonyl (C=O) groups is 3.